The molecule has 4 rings (SSSR count). The van der Waals surface area contributed by atoms with Crippen molar-refractivity contribution in [2.75, 3.05) is 19.8 Å². The first-order valence-electron chi connectivity index (χ1n) is 15.7. The van der Waals surface area contributed by atoms with Crippen molar-refractivity contribution in [1.29, 1.82) is 0 Å². The summed E-state index contributed by atoms with van der Waals surface area (Å²) in [5.74, 6) is -1.08. The fraction of sp³-hybridized carbons (Fsp3) is 0.893. The second kappa shape index (κ2) is 17.5. The monoisotopic (exact) mass is 734 g/mol. The fourth-order valence-electron chi connectivity index (χ4n) is 5.92. The summed E-state index contributed by atoms with van der Waals surface area (Å²) in [5, 5.41) is 145. The lowest BCUT2D eigenvalue weighted by Gasteiger charge is -2.49. The zero-order valence-corrected chi connectivity index (χ0v) is 26.5. The molecule has 0 aliphatic carbocycles. The van der Waals surface area contributed by atoms with Crippen LogP contribution in [0.15, 0.2) is 11.8 Å². The summed E-state index contributed by atoms with van der Waals surface area (Å²) in [6, 6.07) is 0. The molecule has 0 aromatic carbocycles. The Morgan fingerprint density at radius 2 is 0.940 bits per heavy atom. The van der Waals surface area contributed by atoms with Crippen molar-refractivity contribution in [2.24, 2.45) is 0 Å². The van der Waals surface area contributed by atoms with E-state index < -0.39 is 148 Å². The molecule has 22 nitrogen and oxygen atoms in total. The van der Waals surface area contributed by atoms with Crippen LogP contribution in [0.2, 0.25) is 0 Å². The molecule has 22 heteroatoms. The molecular weight excluding hydrogens is 688 g/mol. The molecule has 0 bridgehead atoms. The van der Waals surface area contributed by atoms with E-state index in [1.54, 1.807) is 0 Å². The Hall–Kier alpha value is -1.59. The lowest BCUT2D eigenvalue weighted by Crippen LogP contribution is -2.67. The van der Waals surface area contributed by atoms with E-state index in [2.05, 4.69) is 0 Å². The first kappa shape index (κ1) is 41.2. The molecule has 14 N–H and O–H groups in total. The van der Waals surface area contributed by atoms with Gasteiger partial charge in [-0.2, -0.15) is 0 Å². The van der Waals surface area contributed by atoms with Gasteiger partial charge in [-0.3, -0.25) is 4.79 Å². The molecule has 50 heavy (non-hydrogen) atoms. The topological polar surface area (TPSA) is 365 Å². The van der Waals surface area contributed by atoms with Crippen molar-refractivity contribution in [3.8, 4) is 0 Å². The van der Waals surface area contributed by atoms with Gasteiger partial charge in [-0.15, -0.1) is 0 Å². The Morgan fingerprint density at radius 1 is 0.540 bits per heavy atom. The van der Waals surface area contributed by atoms with Crippen LogP contribution in [-0.2, 0) is 38.0 Å². The van der Waals surface area contributed by atoms with Crippen molar-refractivity contribution >= 4 is 5.78 Å². The number of Topliss-reactive ketones (excluding diaryl/α,β-unsaturated/α-hetero) is 1. The summed E-state index contributed by atoms with van der Waals surface area (Å²) in [5.41, 5.74) is 0. The second-order valence-electron chi connectivity index (χ2n) is 12.4. The number of aliphatic hydroxyl groups is 14. The molecule has 4 fully saturated rings. The smallest absolute Gasteiger partial charge is 0.187 e. The first-order valence-corrected chi connectivity index (χ1v) is 15.7. The molecule has 4 aliphatic rings. The number of carbonyl (C=O) groups is 1. The second-order valence-corrected chi connectivity index (χ2v) is 12.4. The molecule has 0 unspecified atom stereocenters. The summed E-state index contributed by atoms with van der Waals surface area (Å²) in [7, 11) is 0. The van der Waals surface area contributed by atoms with Crippen LogP contribution < -0.4 is 0 Å². The van der Waals surface area contributed by atoms with E-state index in [4.69, 9.17) is 33.2 Å². The van der Waals surface area contributed by atoms with Crippen molar-refractivity contribution < 1.29 is 109 Å². The number of ketones is 1. The van der Waals surface area contributed by atoms with E-state index in [1.807, 2.05) is 0 Å². The Bertz CT molecular complexity index is 1120. The van der Waals surface area contributed by atoms with Gasteiger partial charge in [0.05, 0.1) is 19.8 Å². The lowest BCUT2D eigenvalue weighted by atomic mass is 9.95. The molecule has 0 saturated carbocycles. The van der Waals surface area contributed by atoms with Crippen molar-refractivity contribution in [2.45, 2.75) is 136 Å². The average molecular weight is 735 g/mol. The summed E-state index contributed by atoms with van der Waals surface area (Å²) < 4.78 is 38.1. The quantitative estimate of drug-likeness (QED) is 0.0828. The number of carbonyl (C=O) groups excluding carboxylic acids is 1. The molecule has 0 radical (unpaired) electrons. The maximum Gasteiger partial charge on any atom is 0.187 e. The van der Waals surface area contributed by atoms with E-state index in [-0.39, 0.29) is 12.2 Å². The van der Waals surface area contributed by atoms with Crippen LogP contribution >= 0.6 is 0 Å². The van der Waals surface area contributed by atoms with E-state index in [0.29, 0.717) is 0 Å². The van der Waals surface area contributed by atoms with Crippen LogP contribution in [-0.4, -0.2) is 220 Å². The molecule has 0 aromatic heterocycles. The third-order valence-electron chi connectivity index (χ3n) is 8.82. The van der Waals surface area contributed by atoms with Crippen molar-refractivity contribution in [3.63, 3.8) is 0 Å². The zero-order valence-electron chi connectivity index (χ0n) is 26.5. The molecule has 0 spiro atoms. The average Bonchev–Trinajstić information content (AvgIpc) is 3.09. The number of rotatable bonds is 12. The van der Waals surface area contributed by atoms with E-state index in [0.717, 1.165) is 6.08 Å². The Labute approximate surface area is 283 Å². The Morgan fingerprint density at radius 3 is 1.38 bits per heavy atom. The van der Waals surface area contributed by atoms with Crippen LogP contribution in [0.4, 0.5) is 0 Å². The van der Waals surface area contributed by atoms with E-state index in [1.165, 1.54) is 6.92 Å². The van der Waals surface area contributed by atoms with Gasteiger partial charge < -0.3 is 105 Å². The number of ether oxygens (including phenoxy) is 7. The number of allylic oxidation sites excluding steroid dienone is 1. The Balaban J connectivity index is 1.46. The molecule has 20 atom stereocenters. The molecule has 4 aliphatic heterocycles. The molecule has 4 saturated heterocycles. The fourth-order valence-corrected chi connectivity index (χ4v) is 5.92. The third kappa shape index (κ3) is 8.61. The summed E-state index contributed by atoms with van der Waals surface area (Å²) in [6.07, 6.45) is -36.2. The largest absolute Gasteiger partial charge is 0.510 e. The zero-order chi connectivity index (χ0) is 37.2. The Kier molecular flexibility index (Phi) is 14.4. The molecular formula is C28H46O22. The van der Waals surface area contributed by atoms with Crippen LogP contribution in [0.5, 0.6) is 0 Å². The highest BCUT2D eigenvalue weighted by Crippen LogP contribution is 2.34. The van der Waals surface area contributed by atoms with Gasteiger partial charge in [-0.05, 0) is 13.0 Å². The predicted molar refractivity (Wildman–Crippen MR) is 153 cm³/mol. The maximum absolute atomic E-state index is 11.4. The normalized spacial score (nSPS) is 49.1. The number of hydrogen-bond donors (Lipinski definition) is 14. The minimum atomic E-state index is -2.09. The molecule has 4 heterocycles. The van der Waals surface area contributed by atoms with Crippen LogP contribution in [0, 0.1) is 0 Å². The van der Waals surface area contributed by atoms with E-state index in [9.17, 15) is 76.3 Å². The van der Waals surface area contributed by atoms with Gasteiger partial charge in [-0.1, -0.05) is 0 Å². The predicted octanol–water partition coefficient (Wildman–Crippen LogP) is -8.32. The highest BCUT2D eigenvalue weighted by molar-refractivity contribution is 5.77. The third-order valence-corrected chi connectivity index (χ3v) is 8.82. The van der Waals surface area contributed by atoms with E-state index >= 15 is 0 Å². The highest BCUT2D eigenvalue weighted by Gasteiger charge is 2.55. The minimum Gasteiger partial charge on any atom is -0.510 e. The van der Waals surface area contributed by atoms with Crippen LogP contribution in [0.1, 0.15) is 13.3 Å². The van der Waals surface area contributed by atoms with Gasteiger partial charge in [0.25, 0.3) is 0 Å². The SMILES string of the molecule is CC(=O)CC=C(O)[C@H]1O[C@H](O)[C@H](O)[C@@H](O)[C@@H]1O[C@H]1O[C@H](CO)[C@@H](O[C@H]2O[C@H](CO)[C@@H](O[C@H]3O[C@H](CO)[C@@H](O)[C@H](O)[C@H]3O)[C@H](O)[C@H]2O)[C@H](O)[C@H]1O. The first-order chi connectivity index (χ1) is 23.6. The lowest BCUT2D eigenvalue weighted by molar-refractivity contribution is -0.386. The molecule has 0 aromatic rings. The van der Waals surface area contributed by atoms with Gasteiger partial charge in [0, 0.05) is 6.42 Å². The maximum atomic E-state index is 11.4. The van der Waals surface area contributed by atoms with Gasteiger partial charge in [-0.25, -0.2) is 0 Å². The van der Waals surface area contributed by atoms with Gasteiger partial charge in [0.1, 0.15) is 109 Å². The standard InChI is InChI=1S/C28H46O22/c1-7(32)2-3-8(33)21-24(14(36)17(39)25(43)47-21)50-28-20(42)16(38)23(11(6-31)46-28)49-27-19(41)15(37)22(10(5-30)45-27)48-26-18(40)13(35)12(34)9(4-29)44-26/h3,9-31,33-43H,2,4-6H2,1H3/t9-,10-,11-,12-,13+,14-,15-,16-,17-,18-,19-,20-,21-,22-,23-,24+,25+,26-,27-,28-/m1/s1. The molecule has 290 valence electrons. The van der Waals surface area contributed by atoms with Gasteiger partial charge in [0.2, 0.25) is 0 Å². The van der Waals surface area contributed by atoms with Crippen LogP contribution in [0.25, 0.3) is 0 Å². The van der Waals surface area contributed by atoms with Crippen molar-refractivity contribution in [1.82, 2.24) is 0 Å². The highest BCUT2D eigenvalue weighted by atomic mass is 16.8. The number of hydrogen-bond acceptors (Lipinski definition) is 22. The summed E-state index contributed by atoms with van der Waals surface area (Å²) in [6.45, 7) is -1.46. The number of aliphatic hydroxyl groups excluding tert-OH is 14. The van der Waals surface area contributed by atoms with Gasteiger partial charge >= 0.3 is 0 Å². The minimum absolute atomic E-state index is 0.290. The molecule has 0 amide bonds. The summed E-state index contributed by atoms with van der Waals surface area (Å²) in [4.78, 5) is 11.4. The summed E-state index contributed by atoms with van der Waals surface area (Å²) >= 11 is 0. The van der Waals surface area contributed by atoms with Crippen LogP contribution in [0.3, 0.4) is 0 Å². The van der Waals surface area contributed by atoms with Crippen molar-refractivity contribution in [3.05, 3.63) is 11.8 Å². The van der Waals surface area contributed by atoms with Gasteiger partial charge in [0.15, 0.2) is 25.2 Å².